The molecule has 0 saturated heterocycles. The fourth-order valence-electron chi connectivity index (χ4n) is 1.86. The summed E-state index contributed by atoms with van der Waals surface area (Å²) in [6.45, 7) is 5.97. The lowest BCUT2D eigenvalue weighted by Gasteiger charge is -2.15. The summed E-state index contributed by atoms with van der Waals surface area (Å²) in [4.78, 5) is 14.1. The van der Waals surface area contributed by atoms with Crippen molar-refractivity contribution >= 4 is 28.8 Å². The van der Waals surface area contributed by atoms with E-state index in [1.54, 1.807) is 0 Å². The van der Waals surface area contributed by atoms with Gasteiger partial charge in [-0.15, -0.1) is 11.3 Å². The zero-order chi connectivity index (χ0) is 14.0. The molecule has 0 saturated carbocycles. The number of thiophene rings is 1. The molecular formula is C15H16ClNOS. The zero-order valence-corrected chi connectivity index (χ0v) is 12.7. The van der Waals surface area contributed by atoms with E-state index in [1.807, 2.05) is 51.1 Å². The number of amides is 1. The molecule has 0 radical (unpaired) electrons. The van der Waals surface area contributed by atoms with Crippen LogP contribution in [0.25, 0.3) is 0 Å². The Morgan fingerprint density at radius 1 is 1.32 bits per heavy atom. The van der Waals surface area contributed by atoms with Crippen LogP contribution in [0.5, 0.6) is 0 Å². The van der Waals surface area contributed by atoms with Crippen LogP contribution >= 0.6 is 22.9 Å². The molecule has 1 heterocycles. The molecule has 0 aliphatic heterocycles. The summed E-state index contributed by atoms with van der Waals surface area (Å²) in [6, 6.07) is 9.38. The van der Waals surface area contributed by atoms with E-state index in [-0.39, 0.29) is 11.9 Å². The predicted molar refractivity (Wildman–Crippen MR) is 81.1 cm³/mol. The van der Waals surface area contributed by atoms with Gasteiger partial charge in [0.05, 0.1) is 10.9 Å². The molecule has 0 aliphatic carbocycles. The normalized spacial score (nSPS) is 12.2. The second kappa shape index (κ2) is 5.76. The van der Waals surface area contributed by atoms with Gasteiger partial charge in [0.15, 0.2) is 0 Å². The quantitative estimate of drug-likeness (QED) is 0.886. The third kappa shape index (κ3) is 3.17. The lowest BCUT2D eigenvalue weighted by atomic mass is 10.1. The first kappa shape index (κ1) is 14.1. The van der Waals surface area contributed by atoms with Gasteiger partial charge in [-0.2, -0.15) is 0 Å². The largest absolute Gasteiger partial charge is 0.345 e. The van der Waals surface area contributed by atoms with E-state index in [1.165, 1.54) is 16.2 Å². The van der Waals surface area contributed by atoms with Gasteiger partial charge >= 0.3 is 0 Å². The van der Waals surface area contributed by atoms with Crippen molar-refractivity contribution in [3.8, 4) is 0 Å². The number of carbonyl (C=O) groups is 1. The Morgan fingerprint density at radius 3 is 2.58 bits per heavy atom. The second-order valence-electron chi connectivity index (χ2n) is 4.57. The standard InChI is InChI=1S/C15H16ClNOS/c1-9-8-14(19-11(9)3)15(18)17-10(2)12-6-4-5-7-13(12)16/h4-8,10H,1-3H3,(H,17,18). The number of rotatable bonds is 3. The van der Waals surface area contributed by atoms with Crippen LogP contribution in [0.2, 0.25) is 5.02 Å². The Labute approximate surface area is 122 Å². The molecule has 0 bridgehead atoms. The smallest absolute Gasteiger partial charge is 0.261 e. The van der Waals surface area contributed by atoms with Gasteiger partial charge < -0.3 is 5.32 Å². The molecule has 100 valence electrons. The predicted octanol–water partition coefficient (Wildman–Crippen LogP) is 4.51. The third-order valence-corrected chi connectivity index (χ3v) is 4.60. The van der Waals surface area contributed by atoms with E-state index >= 15 is 0 Å². The van der Waals surface area contributed by atoms with Gasteiger partial charge in [0.2, 0.25) is 0 Å². The number of hydrogen-bond acceptors (Lipinski definition) is 2. The molecule has 1 amide bonds. The number of nitrogens with one attached hydrogen (secondary N) is 1. The van der Waals surface area contributed by atoms with Crippen LogP contribution in [0.1, 0.15) is 38.6 Å². The maximum atomic E-state index is 12.2. The Morgan fingerprint density at radius 2 is 2.00 bits per heavy atom. The van der Waals surface area contributed by atoms with Gasteiger partial charge in [-0.3, -0.25) is 4.79 Å². The number of aryl methyl sites for hydroxylation is 2. The van der Waals surface area contributed by atoms with Crippen molar-refractivity contribution in [2.75, 3.05) is 0 Å². The summed E-state index contributed by atoms with van der Waals surface area (Å²) in [6.07, 6.45) is 0. The lowest BCUT2D eigenvalue weighted by Crippen LogP contribution is -2.26. The molecule has 19 heavy (non-hydrogen) atoms. The minimum atomic E-state index is -0.107. The van der Waals surface area contributed by atoms with Gasteiger partial charge in [-0.25, -0.2) is 0 Å². The Kier molecular flexibility index (Phi) is 4.27. The van der Waals surface area contributed by atoms with Crippen molar-refractivity contribution in [3.05, 3.63) is 56.2 Å². The van der Waals surface area contributed by atoms with Gasteiger partial charge in [0, 0.05) is 9.90 Å². The molecule has 2 rings (SSSR count). The maximum Gasteiger partial charge on any atom is 0.261 e. The second-order valence-corrected chi connectivity index (χ2v) is 6.23. The Hall–Kier alpha value is -1.32. The van der Waals surface area contributed by atoms with E-state index < -0.39 is 0 Å². The summed E-state index contributed by atoms with van der Waals surface area (Å²) in [5.41, 5.74) is 2.09. The van der Waals surface area contributed by atoms with Crippen LogP contribution in [0, 0.1) is 13.8 Å². The summed E-state index contributed by atoms with van der Waals surface area (Å²) in [5.74, 6) is -0.0476. The molecule has 1 unspecified atom stereocenters. The Balaban J connectivity index is 2.13. The van der Waals surface area contributed by atoms with Crippen LogP contribution in [-0.4, -0.2) is 5.91 Å². The first-order valence-electron chi connectivity index (χ1n) is 6.11. The molecule has 0 spiro atoms. The van der Waals surface area contributed by atoms with E-state index in [4.69, 9.17) is 11.6 Å². The number of carbonyl (C=O) groups excluding carboxylic acids is 1. The van der Waals surface area contributed by atoms with Gasteiger partial charge in [-0.1, -0.05) is 29.8 Å². The summed E-state index contributed by atoms with van der Waals surface area (Å²) in [5, 5.41) is 3.66. The van der Waals surface area contributed by atoms with E-state index in [0.717, 1.165) is 16.0 Å². The summed E-state index contributed by atoms with van der Waals surface area (Å²) >= 11 is 7.65. The number of halogens is 1. The Bertz CT molecular complexity index is 586. The first-order chi connectivity index (χ1) is 8.99. The van der Waals surface area contributed by atoms with Crippen molar-refractivity contribution < 1.29 is 4.79 Å². The molecule has 1 atom stereocenters. The average Bonchev–Trinajstić information content (AvgIpc) is 2.70. The molecule has 1 aromatic carbocycles. The van der Waals surface area contributed by atoms with Crippen molar-refractivity contribution in [2.24, 2.45) is 0 Å². The molecule has 0 aliphatic rings. The lowest BCUT2D eigenvalue weighted by molar-refractivity contribution is 0.0944. The molecule has 0 fully saturated rings. The van der Waals surface area contributed by atoms with Crippen LogP contribution in [-0.2, 0) is 0 Å². The van der Waals surface area contributed by atoms with Crippen molar-refractivity contribution in [1.82, 2.24) is 5.32 Å². The highest BCUT2D eigenvalue weighted by Gasteiger charge is 2.15. The van der Waals surface area contributed by atoms with E-state index in [0.29, 0.717) is 5.02 Å². The summed E-state index contributed by atoms with van der Waals surface area (Å²) < 4.78 is 0. The van der Waals surface area contributed by atoms with Crippen LogP contribution in [0.15, 0.2) is 30.3 Å². The van der Waals surface area contributed by atoms with Crippen molar-refractivity contribution in [1.29, 1.82) is 0 Å². The highest BCUT2D eigenvalue weighted by molar-refractivity contribution is 7.14. The maximum absolute atomic E-state index is 12.2. The van der Waals surface area contributed by atoms with Gasteiger partial charge in [-0.05, 0) is 44.0 Å². The highest BCUT2D eigenvalue weighted by atomic mass is 35.5. The minimum Gasteiger partial charge on any atom is -0.345 e. The first-order valence-corrected chi connectivity index (χ1v) is 7.31. The molecule has 4 heteroatoms. The SMILES string of the molecule is Cc1cc(C(=O)NC(C)c2ccccc2Cl)sc1C. The summed E-state index contributed by atoms with van der Waals surface area (Å²) in [7, 11) is 0. The molecule has 1 N–H and O–H groups in total. The van der Waals surface area contributed by atoms with Gasteiger partial charge in [0.1, 0.15) is 0 Å². The fourth-order valence-corrected chi connectivity index (χ4v) is 3.09. The molecular weight excluding hydrogens is 278 g/mol. The average molecular weight is 294 g/mol. The number of benzene rings is 1. The van der Waals surface area contributed by atoms with E-state index in [2.05, 4.69) is 5.32 Å². The third-order valence-electron chi connectivity index (χ3n) is 3.11. The van der Waals surface area contributed by atoms with Crippen LogP contribution < -0.4 is 5.32 Å². The minimum absolute atomic E-state index is 0.0476. The van der Waals surface area contributed by atoms with Gasteiger partial charge in [0.25, 0.3) is 5.91 Å². The van der Waals surface area contributed by atoms with E-state index in [9.17, 15) is 4.79 Å². The van der Waals surface area contributed by atoms with Crippen molar-refractivity contribution in [2.45, 2.75) is 26.8 Å². The highest BCUT2D eigenvalue weighted by Crippen LogP contribution is 2.24. The fraction of sp³-hybridized carbons (Fsp3) is 0.267. The molecule has 2 nitrogen and oxygen atoms in total. The zero-order valence-electron chi connectivity index (χ0n) is 11.2. The van der Waals surface area contributed by atoms with Crippen LogP contribution in [0.3, 0.4) is 0 Å². The van der Waals surface area contributed by atoms with Crippen molar-refractivity contribution in [3.63, 3.8) is 0 Å². The molecule has 1 aromatic heterocycles. The van der Waals surface area contributed by atoms with Crippen LogP contribution in [0.4, 0.5) is 0 Å². The topological polar surface area (TPSA) is 29.1 Å². The monoisotopic (exact) mass is 293 g/mol. The number of hydrogen-bond donors (Lipinski definition) is 1. The molecule has 2 aromatic rings.